The number of aliphatic imine (C=N–C) groups is 1. The van der Waals surface area contributed by atoms with Crippen molar-refractivity contribution in [1.29, 1.82) is 0 Å². The summed E-state index contributed by atoms with van der Waals surface area (Å²) in [6.07, 6.45) is 7.13. The molecule has 3 aromatic rings. The normalized spacial score (nSPS) is 14.0. The molecule has 1 aliphatic heterocycles. The summed E-state index contributed by atoms with van der Waals surface area (Å²) in [5.41, 5.74) is 4.09. The molecule has 0 bridgehead atoms. The molecule has 30 heavy (non-hydrogen) atoms. The van der Waals surface area contributed by atoms with Crippen molar-refractivity contribution in [1.82, 2.24) is 14.5 Å². The summed E-state index contributed by atoms with van der Waals surface area (Å²) >= 11 is 0. The van der Waals surface area contributed by atoms with Crippen molar-refractivity contribution < 1.29 is 9.50 Å². The predicted octanol–water partition coefficient (Wildman–Crippen LogP) is 4.69. The van der Waals surface area contributed by atoms with Crippen LogP contribution in [0.25, 0.3) is 16.6 Å². The Morgan fingerprint density at radius 1 is 1.23 bits per heavy atom. The van der Waals surface area contributed by atoms with Crippen molar-refractivity contribution in [3.63, 3.8) is 0 Å². The van der Waals surface area contributed by atoms with Gasteiger partial charge in [-0.3, -0.25) is 4.99 Å². The molecule has 0 unspecified atom stereocenters. The standard InChI is InChI=1S/C23H24FN5O/c1-15(2)29-14-27-22-21(29)12-20(17-11-18(24)8-9-25-13-17)28-23(22)26-10-7-16-3-5-19(30)6-4-16/h3-6,8,11-15,30H,7,9-10H2,1-2H3,(H,26,28). The topological polar surface area (TPSA) is 75.3 Å². The van der Waals surface area contributed by atoms with E-state index in [2.05, 4.69) is 33.7 Å². The number of aromatic hydroxyl groups is 1. The number of halogens is 1. The fraction of sp³-hybridized carbons (Fsp3) is 0.261. The molecule has 2 N–H and O–H groups in total. The number of phenols is 1. The van der Waals surface area contributed by atoms with E-state index in [4.69, 9.17) is 4.98 Å². The first-order valence-corrected chi connectivity index (χ1v) is 9.98. The minimum atomic E-state index is -0.316. The highest BCUT2D eigenvalue weighted by Gasteiger charge is 2.15. The smallest absolute Gasteiger partial charge is 0.154 e. The van der Waals surface area contributed by atoms with E-state index in [-0.39, 0.29) is 17.6 Å². The molecule has 2 aromatic heterocycles. The number of allylic oxidation sites excluding steroid dienone is 3. The Morgan fingerprint density at radius 3 is 2.80 bits per heavy atom. The third-order valence-corrected chi connectivity index (χ3v) is 4.97. The molecule has 0 radical (unpaired) electrons. The molecule has 6 nitrogen and oxygen atoms in total. The lowest BCUT2D eigenvalue weighted by atomic mass is 10.1. The molecule has 154 valence electrons. The zero-order valence-electron chi connectivity index (χ0n) is 17.0. The van der Waals surface area contributed by atoms with Gasteiger partial charge >= 0.3 is 0 Å². The summed E-state index contributed by atoms with van der Waals surface area (Å²) in [7, 11) is 0. The molecule has 0 saturated carbocycles. The summed E-state index contributed by atoms with van der Waals surface area (Å²) in [5.74, 6) is 0.592. The Bertz CT molecular complexity index is 1140. The second-order valence-corrected chi connectivity index (χ2v) is 7.50. The molecule has 4 rings (SSSR count). The van der Waals surface area contributed by atoms with Gasteiger partial charge in [0.2, 0.25) is 0 Å². The third-order valence-electron chi connectivity index (χ3n) is 4.97. The predicted molar refractivity (Wildman–Crippen MR) is 119 cm³/mol. The van der Waals surface area contributed by atoms with Gasteiger partial charge < -0.3 is 15.0 Å². The molecule has 0 saturated heterocycles. The number of nitrogens with zero attached hydrogens (tertiary/aromatic N) is 4. The van der Waals surface area contributed by atoms with E-state index in [1.54, 1.807) is 18.3 Å². The van der Waals surface area contributed by atoms with Crippen molar-refractivity contribution >= 4 is 28.6 Å². The Hall–Kier alpha value is -3.48. The van der Waals surface area contributed by atoms with Gasteiger partial charge in [0.25, 0.3) is 0 Å². The summed E-state index contributed by atoms with van der Waals surface area (Å²) in [4.78, 5) is 13.5. The molecule has 0 aliphatic carbocycles. The summed E-state index contributed by atoms with van der Waals surface area (Å²) < 4.78 is 16.1. The molecular weight excluding hydrogens is 381 g/mol. The van der Waals surface area contributed by atoms with Crippen LogP contribution >= 0.6 is 0 Å². The van der Waals surface area contributed by atoms with Crippen LogP contribution in [0.5, 0.6) is 5.75 Å². The van der Waals surface area contributed by atoms with E-state index in [0.717, 1.165) is 23.0 Å². The van der Waals surface area contributed by atoms with Gasteiger partial charge in [-0.05, 0) is 56.2 Å². The molecule has 1 aliphatic rings. The van der Waals surface area contributed by atoms with Crippen LogP contribution in [0.2, 0.25) is 0 Å². The molecule has 1 aromatic carbocycles. The number of nitrogens with one attached hydrogen (secondary N) is 1. The van der Waals surface area contributed by atoms with Gasteiger partial charge in [0.15, 0.2) is 5.82 Å². The maximum absolute atomic E-state index is 14.0. The summed E-state index contributed by atoms with van der Waals surface area (Å²) in [5, 5.41) is 12.8. The molecular formula is C23H24FN5O. The summed E-state index contributed by atoms with van der Waals surface area (Å²) in [6.45, 7) is 5.14. The Balaban J connectivity index is 1.68. The number of pyridine rings is 1. The lowest BCUT2D eigenvalue weighted by Crippen LogP contribution is -2.09. The van der Waals surface area contributed by atoms with Gasteiger partial charge in [-0.1, -0.05) is 12.1 Å². The van der Waals surface area contributed by atoms with E-state index < -0.39 is 0 Å². The molecule has 3 heterocycles. The lowest BCUT2D eigenvalue weighted by Gasteiger charge is -2.12. The Kier molecular flexibility index (Phi) is 5.61. The number of aromatic nitrogens is 3. The Morgan fingerprint density at radius 2 is 2.03 bits per heavy atom. The van der Waals surface area contributed by atoms with Crippen molar-refractivity contribution in [3.8, 4) is 5.75 Å². The Labute approximate surface area is 174 Å². The van der Waals surface area contributed by atoms with Crippen LogP contribution in [0.15, 0.2) is 59.6 Å². The van der Waals surface area contributed by atoms with Crippen LogP contribution in [0, 0.1) is 0 Å². The first kappa shape index (κ1) is 19.8. The highest BCUT2D eigenvalue weighted by molar-refractivity contribution is 6.11. The van der Waals surface area contributed by atoms with Crippen molar-refractivity contribution in [2.45, 2.75) is 26.3 Å². The molecule has 0 atom stereocenters. The minimum absolute atomic E-state index is 0.225. The summed E-state index contributed by atoms with van der Waals surface area (Å²) in [6, 6.07) is 9.30. The first-order valence-electron chi connectivity index (χ1n) is 9.98. The third kappa shape index (κ3) is 4.25. The maximum Gasteiger partial charge on any atom is 0.154 e. The van der Waals surface area contributed by atoms with Crippen LogP contribution in [0.1, 0.15) is 31.1 Å². The van der Waals surface area contributed by atoms with Gasteiger partial charge in [-0.15, -0.1) is 0 Å². The number of fused-ring (bicyclic) bond motifs is 1. The number of rotatable bonds is 6. The fourth-order valence-electron chi connectivity index (χ4n) is 3.38. The average Bonchev–Trinajstić information content (AvgIpc) is 3.04. The van der Waals surface area contributed by atoms with Gasteiger partial charge in [0.05, 0.1) is 24.1 Å². The highest BCUT2D eigenvalue weighted by atomic mass is 19.1. The maximum atomic E-state index is 14.0. The zero-order valence-corrected chi connectivity index (χ0v) is 17.0. The second-order valence-electron chi connectivity index (χ2n) is 7.50. The number of anilines is 1. The second kappa shape index (κ2) is 8.49. The number of hydrogen-bond donors (Lipinski definition) is 2. The van der Waals surface area contributed by atoms with Crippen LogP contribution < -0.4 is 5.32 Å². The van der Waals surface area contributed by atoms with Crippen LogP contribution in [-0.2, 0) is 6.42 Å². The average molecular weight is 405 g/mol. The molecule has 7 heteroatoms. The fourth-order valence-corrected chi connectivity index (χ4v) is 3.38. The molecule has 0 amide bonds. The van der Waals surface area contributed by atoms with E-state index in [9.17, 15) is 9.50 Å². The largest absolute Gasteiger partial charge is 0.508 e. The van der Waals surface area contributed by atoms with Crippen molar-refractivity contribution in [2.24, 2.45) is 4.99 Å². The van der Waals surface area contributed by atoms with Gasteiger partial charge in [-0.2, -0.15) is 0 Å². The molecule has 0 spiro atoms. The van der Waals surface area contributed by atoms with E-state index in [0.29, 0.717) is 30.2 Å². The number of benzene rings is 1. The quantitative estimate of drug-likeness (QED) is 0.624. The lowest BCUT2D eigenvalue weighted by molar-refractivity contribution is 0.475. The van der Waals surface area contributed by atoms with E-state index in [1.807, 2.05) is 24.5 Å². The van der Waals surface area contributed by atoms with Gasteiger partial charge in [0.1, 0.15) is 17.1 Å². The van der Waals surface area contributed by atoms with E-state index in [1.165, 1.54) is 12.2 Å². The van der Waals surface area contributed by atoms with Crippen molar-refractivity contribution in [2.75, 3.05) is 18.4 Å². The SMILES string of the molecule is CC(C)n1cnc2c(NCCc3ccc(O)cc3)nc(C3=CC(F)=CCN=C3)cc21. The minimum Gasteiger partial charge on any atom is -0.508 e. The van der Waals surface area contributed by atoms with Crippen LogP contribution in [-0.4, -0.2) is 38.9 Å². The van der Waals surface area contributed by atoms with Gasteiger partial charge in [0, 0.05) is 24.4 Å². The highest BCUT2D eigenvalue weighted by Crippen LogP contribution is 2.27. The number of phenolic OH excluding ortho intramolecular Hbond substituents is 1. The van der Waals surface area contributed by atoms with Crippen LogP contribution in [0.3, 0.4) is 0 Å². The van der Waals surface area contributed by atoms with E-state index >= 15 is 0 Å². The van der Waals surface area contributed by atoms with Crippen molar-refractivity contribution in [3.05, 3.63) is 65.9 Å². The monoisotopic (exact) mass is 405 g/mol. The zero-order chi connectivity index (χ0) is 21.1. The number of imidazole rings is 1. The number of hydrogen-bond acceptors (Lipinski definition) is 5. The van der Waals surface area contributed by atoms with Gasteiger partial charge in [-0.25, -0.2) is 14.4 Å². The van der Waals surface area contributed by atoms with Crippen LogP contribution in [0.4, 0.5) is 10.2 Å². The first-order chi connectivity index (χ1) is 14.5. The molecule has 0 fully saturated rings.